The lowest BCUT2D eigenvalue weighted by Crippen LogP contribution is -2.49. The number of aliphatic hydroxyl groups is 1. The summed E-state index contributed by atoms with van der Waals surface area (Å²) in [6, 6.07) is 0.338. The van der Waals surface area contributed by atoms with Crippen molar-refractivity contribution < 1.29 is 5.11 Å². The molecule has 1 aliphatic carbocycles. The molecule has 0 spiro atoms. The molecule has 0 aromatic rings. The van der Waals surface area contributed by atoms with Gasteiger partial charge in [-0.15, -0.1) is 0 Å². The first-order valence-corrected chi connectivity index (χ1v) is 7.81. The second-order valence-electron chi connectivity index (χ2n) is 7.27. The van der Waals surface area contributed by atoms with Gasteiger partial charge in [-0.25, -0.2) is 0 Å². The number of hydrogen-bond donors (Lipinski definition) is 1. The zero-order valence-electron chi connectivity index (χ0n) is 13.8. The zero-order chi connectivity index (χ0) is 14.6. The van der Waals surface area contributed by atoms with Crippen molar-refractivity contribution in [1.82, 2.24) is 9.80 Å². The van der Waals surface area contributed by atoms with Gasteiger partial charge in [0, 0.05) is 19.1 Å². The largest absolute Gasteiger partial charge is 0.391 e. The van der Waals surface area contributed by atoms with Crippen LogP contribution in [0.3, 0.4) is 0 Å². The Labute approximate surface area is 120 Å². The summed E-state index contributed by atoms with van der Waals surface area (Å²) in [4.78, 5) is 4.57. The van der Waals surface area contributed by atoms with Gasteiger partial charge in [0.1, 0.15) is 0 Å². The van der Waals surface area contributed by atoms with Crippen molar-refractivity contribution in [3.8, 4) is 0 Å². The molecular formula is C16H34N2O. The van der Waals surface area contributed by atoms with Crippen LogP contribution >= 0.6 is 0 Å². The van der Waals surface area contributed by atoms with Gasteiger partial charge in [-0.2, -0.15) is 0 Å². The maximum atomic E-state index is 10.3. The molecule has 0 aromatic heterocycles. The third-order valence-corrected chi connectivity index (χ3v) is 5.26. The van der Waals surface area contributed by atoms with Gasteiger partial charge in [0.05, 0.1) is 6.10 Å². The van der Waals surface area contributed by atoms with Crippen LogP contribution in [-0.4, -0.2) is 61.3 Å². The van der Waals surface area contributed by atoms with Crippen molar-refractivity contribution >= 4 is 0 Å². The van der Waals surface area contributed by atoms with E-state index < -0.39 is 0 Å². The highest BCUT2D eigenvalue weighted by atomic mass is 16.3. The van der Waals surface area contributed by atoms with Crippen molar-refractivity contribution in [3.63, 3.8) is 0 Å². The molecule has 19 heavy (non-hydrogen) atoms. The summed E-state index contributed by atoms with van der Waals surface area (Å²) in [5.74, 6) is 0.743. The third-order valence-electron chi connectivity index (χ3n) is 5.26. The van der Waals surface area contributed by atoms with Crippen LogP contribution in [0.5, 0.6) is 0 Å². The molecule has 1 N–H and O–H groups in total. The lowest BCUT2D eigenvalue weighted by Gasteiger charge is -2.44. The standard InChI is InChI=1S/C16H34N2O/c1-7-16(2,3)13-8-9-15(19)14(12-13)18(6)11-10-17(4)5/h13-15,19H,7-12H2,1-6H3. The van der Waals surface area contributed by atoms with Gasteiger partial charge in [-0.1, -0.05) is 27.2 Å². The summed E-state index contributed by atoms with van der Waals surface area (Å²) in [5.41, 5.74) is 0.404. The smallest absolute Gasteiger partial charge is 0.0695 e. The highest BCUT2D eigenvalue weighted by molar-refractivity contribution is 4.91. The van der Waals surface area contributed by atoms with Crippen molar-refractivity contribution in [2.75, 3.05) is 34.2 Å². The van der Waals surface area contributed by atoms with Crippen LogP contribution in [0.1, 0.15) is 46.5 Å². The molecular weight excluding hydrogens is 236 g/mol. The molecule has 1 aliphatic rings. The minimum Gasteiger partial charge on any atom is -0.391 e. The molecule has 3 nitrogen and oxygen atoms in total. The summed E-state index contributed by atoms with van der Waals surface area (Å²) in [7, 11) is 6.38. The van der Waals surface area contributed by atoms with Crippen molar-refractivity contribution in [1.29, 1.82) is 0 Å². The van der Waals surface area contributed by atoms with Gasteiger partial charge in [0.25, 0.3) is 0 Å². The topological polar surface area (TPSA) is 26.7 Å². The number of likely N-dealkylation sites (N-methyl/N-ethyl adjacent to an activating group) is 2. The van der Waals surface area contributed by atoms with Gasteiger partial charge in [-0.3, -0.25) is 4.90 Å². The molecule has 0 aromatic carbocycles. The van der Waals surface area contributed by atoms with E-state index in [1.54, 1.807) is 0 Å². The molecule has 0 aliphatic heterocycles. The fourth-order valence-corrected chi connectivity index (χ4v) is 3.13. The Morgan fingerprint density at radius 3 is 2.26 bits per heavy atom. The quantitative estimate of drug-likeness (QED) is 0.803. The second-order valence-corrected chi connectivity index (χ2v) is 7.27. The van der Waals surface area contributed by atoms with Crippen LogP contribution in [0.15, 0.2) is 0 Å². The SMILES string of the molecule is CCC(C)(C)C1CCC(O)C(N(C)CCN(C)C)C1. The molecule has 1 saturated carbocycles. The van der Waals surface area contributed by atoms with E-state index in [2.05, 4.69) is 51.7 Å². The molecule has 0 heterocycles. The monoisotopic (exact) mass is 270 g/mol. The lowest BCUT2D eigenvalue weighted by atomic mass is 9.67. The fourth-order valence-electron chi connectivity index (χ4n) is 3.13. The molecule has 3 atom stereocenters. The van der Waals surface area contributed by atoms with Crippen molar-refractivity contribution in [2.24, 2.45) is 11.3 Å². The van der Waals surface area contributed by atoms with Gasteiger partial charge in [-0.05, 0) is 51.7 Å². The Kier molecular flexibility index (Phi) is 6.28. The van der Waals surface area contributed by atoms with E-state index in [4.69, 9.17) is 0 Å². The Morgan fingerprint density at radius 1 is 1.11 bits per heavy atom. The molecule has 0 amide bonds. The first-order valence-electron chi connectivity index (χ1n) is 7.81. The number of hydrogen-bond acceptors (Lipinski definition) is 3. The normalized spacial score (nSPS) is 29.2. The van der Waals surface area contributed by atoms with Crippen LogP contribution in [0.25, 0.3) is 0 Å². The van der Waals surface area contributed by atoms with E-state index in [9.17, 15) is 5.11 Å². The highest BCUT2D eigenvalue weighted by Gasteiger charge is 2.37. The van der Waals surface area contributed by atoms with E-state index in [0.29, 0.717) is 11.5 Å². The zero-order valence-corrected chi connectivity index (χ0v) is 13.8. The van der Waals surface area contributed by atoms with Crippen molar-refractivity contribution in [2.45, 2.75) is 58.6 Å². The van der Waals surface area contributed by atoms with E-state index >= 15 is 0 Å². The summed E-state index contributed by atoms with van der Waals surface area (Å²) in [6.45, 7) is 9.14. The maximum absolute atomic E-state index is 10.3. The molecule has 0 saturated heterocycles. The minimum atomic E-state index is -0.143. The molecule has 0 radical (unpaired) electrons. The minimum absolute atomic E-state index is 0.143. The molecule has 3 unspecified atom stereocenters. The third kappa shape index (κ3) is 4.73. The van der Waals surface area contributed by atoms with Gasteiger partial charge in [0.15, 0.2) is 0 Å². The predicted molar refractivity (Wildman–Crippen MR) is 82.4 cm³/mol. The Balaban J connectivity index is 2.60. The first kappa shape index (κ1) is 16.9. The summed E-state index contributed by atoms with van der Waals surface area (Å²) >= 11 is 0. The lowest BCUT2D eigenvalue weighted by molar-refractivity contribution is -0.0131. The van der Waals surface area contributed by atoms with Crippen LogP contribution in [0.2, 0.25) is 0 Å². The van der Waals surface area contributed by atoms with Crippen LogP contribution < -0.4 is 0 Å². The number of rotatable bonds is 6. The van der Waals surface area contributed by atoms with Gasteiger partial charge >= 0.3 is 0 Å². The van der Waals surface area contributed by atoms with Gasteiger partial charge < -0.3 is 10.0 Å². The molecule has 1 fully saturated rings. The fraction of sp³-hybridized carbons (Fsp3) is 1.00. The van der Waals surface area contributed by atoms with E-state index in [1.807, 2.05) is 0 Å². The number of aliphatic hydroxyl groups excluding tert-OH is 1. The molecule has 114 valence electrons. The van der Waals surface area contributed by atoms with E-state index in [-0.39, 0.29) is 6.10 Å². The summed E-state index contributed by atoms with van der Waals surface area (Å²) < 4.78 is 0. The second kappa shape index (κ2) is 7.05. The summed E-state index contributed by atoms with van der Waals surface area (Å²) in [6.07, 6.45) is 4.37. The Bertz CT molecular complexity index is 265. The number of nitrogens with zero attached hydrogens (tertiary/aromatic N) is 2. The maximum Gasteiger partial charge on any atom is 0.0695 e. The van der Waals surface area contributed by atoms with E-state index in [1.165, 1.54) is 12.8 Å². The van der Waals surface area contributed by atoms with Crippen LogP contribution in [0, 0.1) is 11.3 Å². The predicted octanol–water partition coefficient (Wildman–Crippen LogP) is 2.45. The van der Waals surface area contributed by atoms with E-state index in [0.717, 1.165) is 31.8 Å². The Morgan fingerprint density at radius 2 is 1.74 bits per heavy atom. The summed E-state index contributed by atoms with van der Waals surface area (Å²) in [5, 5.41) is 10.3. The van der Waals surface area contributed by atoms with Gasteiger partial charge in [0.2, 0.25) is 0 Å². The molecule has 1 rings (SSSR count). The molecule has 0 bridgehead atoms. The molecule has 3 heteroatoms. The Hall–Kier alpha value is -0.120. The highest BCUT2D eigenvalue weighted by Crippen LogP contribution is 2.41. The average Bonchev–Trinajstić information content (AvgIpc) is 2.36. The van der Waals surface area contributed by atoms with Crippen molar-refractivity contribution in [3.05, 3.63) is 0 Å². The first-order chi connectivity index (χ1) is 8.77. The van der Waals surface area contributed by atoms with Crippen LogP contribution in [0.4, 0.5) is 0 Å². The average molecular weight is 270 g/mol. The van der Waals surface area contributed by atoms with Crippen LogP contribution in [-0.2, 0) is 0 Å².